The number of nitrogens with one attached hydrogen (secondary N) is 4. The Hall–Kier alpha value is -3.77. The number of hydrogen-bond donors (Lipinski definition) is 4. The Kier molecular flexibility index (Phi) is 4.91. The van der Waals surface area contributed by atoms with Gasteiger partial charge in [-0.25, -0.2) is 9.78 Å². The van der Waals surface area contributed by atoms with E-state index >= 15 is 0 Å². The van der Waals surface area contributed by atoms with Crippen molar-refractivity contribution < 1.29 is 22.8 Å². The fraction of sp³-hybridized carbons (Fsp3) is 0.400. The molecule has 0 aromatic carbocycles. The first-order chi connectivity index (χ1) is 15.7. The van der Waals surface area contributed by atoms with Crippen molar-refractivity contribution in [3.8, 4) is 0 Å². The van der Waals surface area contributed by atoms with Crippen LogP contribution >= 0.6 is 0 Å². The van der Waals surface area contributed by atoms with E-state index in [1.807, 2.05) is 18.3 Å². The second kappa shape index (κ2) is 7.67. The highest BCUT2D eigenvalue weighted by molar-refractivity contribution is 5.98. The molecule has 2 bridgehead atoms. The van der Waals surface area contributed by atoms with Gasteiger partial charge in [0.05, 0.1) is 17.1 Å². The molecular weight excluding hydrogens is 441 g/mol. The Balaban J connectivity index is 1.38. The van der Waals surface area contributed by atoms with E-state index in [4.69, 9.17) is 0 Å². The number of allylic oxidation sites excluding steroid dienone is 1. The molecule has 1 unspecified atom stereocenters. The maximum Gasteiger partial charge on any atom is 0.405 e. The molecule has 1 fully saturated rings. The highest BCUT2D eigenvalue weighted by Crippen LogP contribution is 2.34. The fourth-order valence-electron chi connectivity index (χ4n) is 4.31. The number of anilines is 1. The van der Waals surface area contributed by atoms with Crippen molar-refractivity contribution in [1.29, 1.82) is 0 Å². The monoisotopic (exact) mass is 462 g/mol. The number of nitrogens with zero attached hydrogens (tertiary/aromatic N) is 4. The molecule has 0 radical (unpaired) electrons. The number of amides is 3. The summed E-state index contributed by atoms with van der Waals surface area (Å²) in [5.41, 5.74) is 2.05. The zero-order valence-electron chi connectivity index (χ0n) is 17.5. The Morgan fingerprint density at radius 3 is 2.91 bits per heavy atom. The molecule has 1 saturated heterocycles. The first kappa shape index (κ1) is 21.1. The van der Waals surface area contributed by atoms with Crippen molar-refractivity contribution in [1.82, 2.24) is 35.6 Å². The zero-order valence-corrected chi connectivity index (χ0v) is 17.5. The van der Waals surface area contributed by atoms with E-state index < -0.39 is 30.7 Å². The number of carbonyl (C=O) groups is 2. The maximum atomic E-state index is 13.3. The summed E-state index contributed by atoms with van der Waals surface area (Å²) in [7, 11) is 0. The van der Waals surface area contributed by atoms with Crippen molar-refractivity contribution in [2.75, 3.05) is 25.0 Å². The summed E-state index contributed by atoms with van der Waals surface area (Å²) in [4.78, 5) is 33.6. The molecule has 0 saturated carbocycles. The summed E-state index contributed by atoms with van der Waals surface area (Å²) in [6.07, 6.45) is -0.640. The summed E-state index contributed by atoms with van der Waals surface area (Å²) in [6, 6.07) is 1.95. The predicted molar refractivity (Wildman–Crippen MR) is 112 cm³/mol. The van der Waals surface area contributed by atoms with E-state index in [0.717, 1.165) is 12.2 Å². The van der Waals surface area contributed by atoms with Gasteiger partial charge >= 0.3 is 12.2 Å². The van der Waals surface area contributed by atoms with Crippen LogP contribution in [0.3, 0.4) is 0 Å². The number of fused-ring (bicyclic) bond motifs is 4. The van der Waals surface area contributed by atoms with Gasteiger partial charge in [-0.05, 0) is 31.6 Å². The second-order valence-electron chi connectivity index (χ2n) is 8.16. The molecule has 2 atom stereocenters. The number of rotatable bonds is 3. The summed E-state index contributed by atoms with van der Waals surface area (Å²) < 4.78 is 37.5. The lowest BCUT2D eigenvalue weighted by molar-refractivity contribution is -0.138. The minimum atomic E-state index is -4.51. The van der Waals surface area contributed by atoms with E-state index in [0.29, 0.717) is 41.3 Å². The molecule has 10 nitrogen and oxygen atoms in total. The van der Waals surface area contributed by atoms with Gasteiger partial charge in [-0.3, -0.25) is 20.1 Å². The number of dihydropyridines is 1. The normalized spacial score (nSPS) is 21.8. The van der Waals surface area contributed by atoms with Gasteiger partial charge in [0.25, 0.3) is 0 Å². The highest BCUT2D eigenvalue weighted by Gasteiger charge is 2.43. The molecule has 4 N–H and O–H groups in total. The minimum absolute atomic E-state index is 0.160. The molecule has 0 aliphatic carbocycles. The number of H-pyrrole nitrogens is 1. The van der Waals surface area contributed by atoms with E-state index in [2.05, 4.69) is 30.7 Å². The van der Waals surface area contributed by atoms with Crippen molar-refractivity contribution in [2.45, 2.75) is 31.6 Å². The number of halogens is 3. The molecule has 0 spiro atoms. The standard InChI is InChI=1S/C20H21F3N8O2/c1-10-2-3-12-15(25-10)28-29-16(12)27-19(33)31-11-6-7-30(8-11)14-5-4-13(26-17(14)31)18(32)24-9-20(21,22)23/h2-5,11,13,26H,6-9H2,1H3,(H,24,32)(H2,25,27,28,29,33)/t11-,13?/m0/s1. The van der Waals surface area contributed by atoms with E-state index in [-0.39, 0.29) is 6.04 Å². The quantitative estimate of drug-likeness (QED) is 0.550. The summed E-state index contributed by atoms with van der Waals surface area (Å²) in [6.45, 7) is 1.75. The number of carbonyl (C=O) groups excluding carboxylic acids is 2. The van der Waals surface area contributed by atoms with Gasteiger partial charge in [0, 0.05) is 18.8 Å². The molecule has 2 aromatic heterocycles. The average Bonchev–Trinajstić information content (AvgIpc) is 3.36. The fourth-order valence-corrected chi connectivity index (χ4v) is 4.31. The van der Waals surface area contributed by atoms with E-state index in [1.54, 1.807) is 12.1 Å². The Labute approximate surface area is 185 Å². The van der Waals surface area contributed by atoms with Crippen LogP contribution in [0.25, 0.3) is 11.0 Å². The van der Waals surface area contributed by atoms with Crippen molar-refractivity contribution in [3.63, 3.8) is 0 Å². The number of urea groups is 1. The van der Waals surface area contributed by atoms with E-state index in [9.17, 15) is 22.8 Å². The second-order valence-corrected chi connectivity index (χ2v) is 8.16. The van der Waals surface area contributed by atoms with Crippen molar-refractivity contribution in [3.05, 3.63) is 41.5 Å². The third-order valence-electron chi connectivity index (χ3n) is 5.84. The first-order valence-corrected chi connectivity index (χ1v) is 10.4. The van der Waals surface area contributed by atoms with Crippen LogP contribution in [0, 0.1) is 6.92 Å². The van der Waals surface area contributed by atoms with Crippen molar-refractivity contribution in [2.24, 2.45) is 0 Å². The van der Waals surface area contributed by atoms with Crippen LogP contribution in [0.1, 0.15) is 12.1 Å². The number of aryl methyl sites for hydroxylation is 1. The SMILES string of the molecule is Cc1ccc2c(NC(=O)N3C4=C(C=CC(C(=O)NCC(F)(F)F)N4)N4CC[C@H]3C4)n[nH]c2n1. The van der Waals surface area contributed by atoms with Gasteiger partial charge in [-0.15, -0.1) is 0 Å². The van der Waals surface area contributed by atoms with Gasteiger partial charge in [0.1, 0.15) is 18.4 Å². The van der Waals surface area contributed by atoms with Crippen LogP contribution in [0.4, 0.5) is 23.8 Å². The van der Waals surface area contributed by atoms with Crippen LogP contribution < -0.4 is 16.0 Å². The molecule has 3 aliphatic heterocycles. The topological polar surface area (TPSA) is 118 Å². The lowest BCUT2D eigenvalue weighted by atomic mass is 10.1. The first-order valence-electron chi connectivity index (χ1n) is 10.4. The number of hydrogen-bond acceptors (Lipinski definition) is 6. The Morgan fingerprint density at radius 1 is 1.30 bits per heavy atom. The molecule has 174 valence electrons. The highest BCUT2D eigenvalue weighted by atomic mass is 19.4. The Morgan fingerprint density at radius 2 is 2.12 bits per heavy atom. The largest absolute Gasteiger partial charge is 0.405 e. The number of aromatic nitrogens is 3. The molecule has 13 heteroatoms. The molecule has 33 heavy (non-hydrogen) atoms. The van der Waals surface area contributed by atoms with Gasteiger partial charge in [-0.1, -0.05) is 6.08 Å². The van der Waals surface area contributed by atoms with Crippen LogP contribution in [0.2, 0.25) is 0 Å². The molecular formula is C20H21F3N8O2. The summed E-state index contributed by atoms with van der Waals surface area (Å²) in [5, 5.41) is 15.2. The van der Waals surface area contributed by atoms with Gasteiger partial charge < -0.3 is 15.5 Å². The smallest absolute Gasteiger partial charge is 0.366 e. The lowest BCUT2D eigenvalue weighted by Gasteiger charge is -2.40. The number of alkyl halides is 3. The molecule has 5 heterocycles. The Bertz CT molecular complexity index is 1190. The minimum Gasteiger partial charge on any atom is -0.366 e. The average molecular weight is 462 g/mol. The van der Waals surface area contributed by atoms with Crippen LogP contribution in [-0.4, -0.2) is 74.8 Å². The van der Waals surface area contributed by atoms with Gasteiger partial charge in [-0.2, -0.15) is 18.3 Å². The van der Waals surface area contributed by atoms with Gasteiger partial charge in [0.15, 0.2) is 11.5 Å². The number of pyridine rings is 1. The molecule has 3 aliphatic rings. The third kappa shape index (κ3) is 3.94. The number of aromatic amines is 1. The van der Waals surface area contributed by atoms with Crippen molar-refractivity contribution >= 4 is 28.8 Å². The summed E-state index contributed by atoms with van der Waals surface area (Å²) >= 11 is 0. The molecule has 2 aromatic rings. The third-order valence-corrected chi connectivity index (χ3v) is 5.84. The van der Waals surface area contributed by atoms with Gasteiger partial charge in [0.2, 0.25) is 5.91 Å². The predicted octanol–water partition coefficient (Wildman–Crippen LogP) is 1.56. The van der Waals surface area contributed by atoms with Crippen LogP contribution in [-0.2, 0) is 4.79 Å². The van der Waals surface area contributed by atoms with Crippen LogP contribution in [0.5, 0.6) is 0 Å². The summed E-state index contributed by atoms with van der Waals surface area (Å²) in [5.74, 6) is -0.135. The van der Waals surface area contributed by atoms with Crippen LogP contribution in [0.15, 0.2) is 35.8 Å². The lowest BCUT2D eigenvalue weighted by Crippen LogP contribution is -2.56. The molecule has 5 rings (SSSR count). The zero-order chi connectivity index (χ0) is 23.3. The van der Waals surface area contributed by atoms with E-state index in [1.165, 1.54) is 11.0 Å². The molecule has 3 amide bonds. The maximum absolute atomic E-state index is 13.3.